The minimum Gasteiger partial charge on any atom is -0.396 e. The van der Waals surface area contributed by atoms with E-state index in [0.717, 1.165) is 12.0 Å². The quantitative estimate of drug-likeness (QED) is 0.401. The number of para-hydroxylation sites is 1. The largest absolute Gasteiger partial charge is 0.396 e. The van der Waals surface area contributed by atoms with Crippen LogP contribution in [0.4, 0.5) is 21.5 Å². The van der Waals surface area contributed by atoms with Crippen LogP contribution in [0.25, 0.3) is 0 Å². The number of benzene rings is 3. The molecule has 3 aromatic carbocycles. The van der Waals surface area contributed by atoms with E-state index in [2.05, 4.69) is 0 Å². The number of hydrogen-bond acceptors (Lipinski definition) is 4. The molecule has 2 heterocycles. The third-order valence-corrected chi connectivity index (χ3v) is 7.96. The van der Waals surface area contributed by atoms with Crippen molar-refractivity contribution in [1.82, 2.24) is 0 Å². The smallest absolute Gasteiger partial charge is 0.264 e. The van der Waals surface area contributed by atoms with Crippen molar-refractivity contribution in [2.24, 2.45) is 11.8 Å². The first-order valence-corrected chi connectivity index (χ1v) is 13.0. The van der Waals surface area contributed by atoms with E-state index in [1.807, 2.05) is 85.8 Å². The van der Waals surface area contributed by atoms with Gasteiger partial charge in [0.15, 0.2) is 5.60 Å². The predicted octanol–water partition coefficient (Wildman–Crippen LogP) is 5.50. The van der Waals surface area contributed by atoms with E-state index in [0.29, 0.717) is 29.2 Å². The van der Waals surface area contributed by atoms with Crippen LogP contribution in [0.1, 0.15) is 38.3 Å². The number of aliphatic hydroxyl groups is 1. The summed E-state index contributed by atoms with van der Waals surface area (Å²) in [5, 5.41) is 9.77. The van der Waals surface area contributed by atoms with Crippen molar-refractivity contribution in [3.05, 3.63) is 90.0 Å². The van der Waals surface area contributed by atoms with Crippen LogP contribution in [0.5, 0.6) is 0 Å². The van der Waals surface area contributed by atoms with Crippen LogP contribution in [0.2, 0.25) is 0 Å². The average molecular weight is 517 g/mol. The van der Waals surface area contributed by atoms with Crippen molar-refractivity contribution >= 4 is 29.4 Å². The molecule has 6 nitrogen and oxygen atoms in total. The van der Waals surface area contributed by atoms with Crippen molar-refractivity contribution < 1.29 is 23.8 Å². The highest BCUT2D eigenvalue weighted by molar-refractivity contribution is 6.08. The molecule has 3 aromatic rings. The molecule has 0 radical (unpaired) electrons. The maximum atomic E-state index is 15.6. The maximum Gasteiger partial charge on any atom is 0.264 e. The number of hydrogen-bond donors (Lipinski definition) is 1. The predicted molar refractivity (Wildman–Crippen MR) is 145 cm³/mol. The van der Waals surface area contributed by atoms with Crippen molar-refractivity contribution in [2.75, 3.05) is 16.4 Å². The summed E-state index contributed by atoms with van der Waals surface area (Å²) >= 11 is 0. The molecule has 0 bridgehead atoms. The molecule has 1 spiro atoms. The van der Waals surface area contributed by atoms with Gasteiger partial charge in [-0.15, -0.1) is 0 Å². The maximum absolute atomic E-state index is 15.6. The van der Waals surface area contributed by atoms with E-state index in [1.54, 1.807) is 4.90 Å². The number of rotatable bonds is 8. The van der Waals surface area contributed by atoms with Gasteiger partial charge in [-0.2, -0.15) is 0 Å². The molecule has 2 aliphatic heterocycles. The fourth-order valence-corrected chi connectivity index (χ4v) is 6.36. The molecule has 2 aliphatic rings. The van der Waals surface area contributed by atoms with Gasteiger partial charge in [-0.1, -0.05) is 55.5 Å². The Labute approximate surface area is 222 Å². The summed E-state index contributed by atoms with van der Waals surface area (Å²) in [6.07, 6.45) is 0.308. The van der Waals surface area contributed by atoms with Gasteiger partial charge in [-0.05, 0) is 56.2 Å². The zero-order valence-electron chi connectivity index (χ0n) is 21.9. The summed E-state index contributed by atoms with van der Waals surface area (Å²) < 4.78 is 22.2. The minimum atomic E-state index is -1.65. The summed E-state index contributed by atoms with van der Waals surface area (Å²) in [6.45, 7) is 5.01. The van der Waals surface area contributed by atoms with Crippen LogP contribution in [0.3, 0.4) is 0 Å². The molecule has 1 fully saturated rings. The Morgan fingerprint density at radius 3 is 2.32 bits per heavy atom. The first-order valence-electron chi connectivity index (χ1n) is 13.0. The molecule has 0 aromatic heterocycles. The van der Waals surface area contributed by atoms with E-state index >= 15 is 4.39 Å². The van der Waals surface area contributed by atoms with Crippen LogP contribution in [0.15, 0.2) is 78.9 Å². The van der Waals surface area contributed by atoms with E-state index in [-0.39, 0.29) is 18.9 Å². The molecule has 5 rings (SSSR count). The summed E-state index contributed by atoms with van der Waals surface area (Å²) in [7, 11) is 0. The highest BCUT2D eigenvalue weighted by Gasteiger charge is 2.66. The Kier molecular flexibility index (Phi) is 6.84. The van der Waals surface area contributed by atoms with Gasteiger partial charge in [-0.3, -0.25) is 14.5 Å². The second-order valence-electron chi connectivity index (χ2n) is 10.7. The number of amides is 2. The third-order valence-electron chi connectivity index (χ3n) is 7.96. The van der Waals surface area contributed by atoms with Crippen LogP contribution in [-0.4, -0.2) is 35.8 Å². The number of carbonyl (C=O) groups excluding carboxylic acids is 2. The molecule has 0 unspecified atom stereocenters. The molecule has 7 heteroatoms. The molecule has 0 aliphatic carbocycles. The molecule has 198 valence electrons. The summed E-state index contributed by atoms with van der Waals surface area (Å²) in [5.74, 6) is -1.40. The lowest BCUT2D eigenvalue weighted by Gasteiger charge is -2.32. The summed E-state index contributed by atoms with van der Waals surface area (Å²) in [5.41, 5.74) is 0.409. The number of aliphatic hydroxyl groups excluding tert-OH is 1. The number of carbonyl (C=O) groups is 2. The lowest BCUT2D eigenvalue weighted by Crippen LogP contribution is -2.45. The normalized spacial score (nSPS) is 24.6. The van der Waals surface area contributed by atoms with Crippen LogP contribution < -0.4 is 9.80 Å². The van der Waals surface area contributed by atoms with E-state index in [4.69, 9.17) is 4.74 Å². The highest BCUT2D eigenvalue weighted by atomic mass is 19.1. The zero-order valence-corrected chi connectivity index (χ0v) is 21.9. The Hall–Kier alpha value is -3.55. The second kappa shape index (κ2) is 9.97. The summed E-state index contributed by atoms with van der Waals surface area (Å²) in [4.78, 5) is 29.8. The highest BCUT2D eigenvalue weighted by Crippen LogP contribution is 2.59. The van der Waals surface area contributed by atoms with Crippen LogP contribution in [0, 0.1) is 11.8 Å². The molecule has 1 saturated heterocycles. The van der Waals surface area contributed by atoms with Gasteiger partial charge >= 0.3 is 0 Å². The molecule has 2 amide bonds. The van der Waals surface area contributed by atoms with Gasteiger partial charge in [0.2, 0.25) is 6.41 Å². The lowest BCUT2D eigenvalue weighted by atomic mass is 9.71. The van der Waals surface area contributed by atoms with Gasteiger partial charge in [0.05, 0.1) is 18.3 Å². The molecular formula is C31H33FN2O4. The van der Waals surface area contributed by atoms with Gasteiger partial charge in [-0.25, -0.2) is 4.39 Å². The SMILES string of the molecule is C[C@@H]1[C@@H](C(C)(C)F)[C@H](CCO)O[C@@]12C(=O)N(Cc1ccccc1)c1ccc(N(C=O)c3ccccc3)cc12. The second-order valence-corrected chi connectivity index (χ2v) is 10.7. The van der Waals surface area contributed by atoms with Crippen LogP contribution >= 0.6 is 0 Å². The van der Waals surface area contributed by atoms with Gasteiger partial charge < -0.3 is 14.7 Å². The minimum absolute atomic E-state index is 0.179. The van der Waals surface area contributed by atoms with E-state index in [9.17, 15) is 14.7 Å². The lowest BCUT2D eigenvalue weighted by molar-refractivity contribution is -0.146. The molecular weight excluding hydrogens is 483 g/mol. The number of ether oxygens (including phenoxy) is 1. The number of alkyl halides is 1. The summed E-state index contributed by atoms with van der Waals surface area (Å²) in [6, 6.07) is 24.4. The number of fused-ring (bicyclic) bond motifs is 2. The van der Waals surface area contributed by atoms with Crippen LogP contribution in [-0.2, 0) is 26.5 Å². The third kappa shape index (κ3) is 4.20. The van der Waals surface area contributed by atoms with Crippen molar-refractivity contribution in [1.29, 1.82) is 0 Å². The fourth-order valence-electron chi connectivity index (χ4n) is 6.36. The van der Waals surface area contributed by atoms with Crippen molar-refractivity contribution in [3.63, 3.8) is 0 Å². The van der Waals surface area contributed by atoms with E-state index < -0.39 is 29.2 Å². The Morgan fingerprint density at radius 1 is 1.05 bits per heavy atom. The van der Waals surface area contributed by atoms with Gasteiger partial charge in [0.25, 0.3) is 5.91 Å². The van der Waals surface area contributed by atoms with E-state index in [1.165, 1.54) is 18.7 Å². The van der Waals surface area contributed by atoms with Gasteiger partial charge in [0.1, 0.15) is 5.67 Å². The Morgan fingerprint density at radius 2 is 1.71 bits per heavy atom. The standard InChI is InChI=1S/C31H33FN2O4/c1-21-28(30(2,3)32)27(16-17-35)38-31(21)25-18-24(34(20-36)23-12-8-5-9-13-23)14-15-26(25)33(29(31)37)19-22-10-6-4-7-11-22/h4-15,18,20-21,27-28,35H,16-17,19H2,1-3H3/t21-,27+,28-,31+/m1/s1. The first-order chi connectivity index (χ1) is 18.2. The molecule has 0 saturated carbocycles. The number of anilines is 3. The number of halogens is 1. The Bertz CT molecular complexity index is 1310. The molecule has 1 N–H and O–H groups in total. The molecule has 4 atom stereocenters. The van der Waals surface area contributed by atoms with Crippen molar-refractivity contribution in [3.8, 4) is 0 Å². The first kappa shape index (κ1) is 26.1. The topological polar surface area (TPSA) is 70.1 Å². The molecule has 38 heavy (non-hydrogen) atoms. The fraction of sp³-hybridized carbons (Fsp3) is 0.355. The van der Waals surface area contributed by atoms with Gasteiger partial charge in [0, 0.05) is 35.4 Å². The Balaban J connectivity index is 1.67. The average Bonchev–Trinajstić information content (AvgIpc) is 3.33. The van der Waals surface area contributed by atoms with Crippen molar-refractivity contribution in [2.45, 2.75) is 51.1 Å². The number of nitrogens with zero attached hydrogens (tertiary/aromatic N) is 2. The zero-order chi connectivity index (χ0) is 27.1. The monoisotopic (exact) mass is 516 g/mol.